The van der Waals surface area contributed by atoms with E-state index in [0.717, 1.165) is 29.2 Å². The number of carbonyl (C=O) groups is 1. The second-order valence-electron chi connectivity index (χ2n) is 2.83. The number of benzene rings is 1. The van der Waals surface area contributed by atoms with Crippen molar-refractivity contribution in [1.82, 2.24) is 0 Å². The van der Waals surface area contributed by atoms with Crippen LogP contribution in [0.15, 0.2) is 22.7 Å². The maximum Gasteiger partial charge on any atom is 0.120 e. The summed E-state index contributed by atoms with van der Waals surface area (Å²) in [6.45, 7) is 0. The molecule has 1 aromatic carbocycles. The fraction of sp³-hybridized carbons (Fsp3) is 0.300. The van der Waals surface area contributed by atoms with E-state index in [4.69, 9.17) is 0 Å². The van der Waals surface area contributed by atoms with Crippen LogP contribution in [0.1, 0.15) is 18.4 Å². The molecule has 0 bridgehead atoms. The molecule has 0 saturated heterocycles. The Morgan fingerprint density at radius 3 is 2.85 bits per heavy atom. The standard InChI is InChI=1S/C10H11BrO2/c11-9-5-4-8(10(13)7-9)3-1-2-6-12/h4-7,13H,1-3H2. The lowest BCUT2D eigenvalue weighted by molar-refractivity contribution is -0.107. The summed E-state index contributed by atoms with van der Waals surface area (Å²) in [5.41, 5.74) is 0.894. The molecule has 0 aliphatic carbocycles. The van der Waals surface area contributed by atoms with E-state index in [1.165, 1.54) is 0 Å². The van der Waals surface area contributed by atoms with Gasteiger partial charge < -0.3 is 9.90 Å². The van der Waals surface area contributed by atoms with Crippen LogP contribution in [-0.2, 0) is 11.2 Å². The van der Waals surface area contributed by atoms with Gasteiger partial charge in [-0.1, -0.05) is 22.0 Å². The average Bonchev–Trinajstić information content (AvgIpc) is 2.09. The number of unbranched alkanes of at least 4 members (excludes halogenated alkanes) is 1. The molecule has 2 nitrogen and oxygen atoms in total. The third-order valence-electron chi connectivity index (χ3n) is 1.82. The Bertz CT molecular complexity index is 297. The van der Waals surface area contributed by atoms with Crippen molar-refractivity contribution in [3.8, 4) is 5.75 Å². The molecule has 0 aliphatic rings. The SMILES string of the molecule is O=CCCCc1ccc(Br)cc1O. The average molecular weight is 243 g/mol. The first-order chi connectivity index (χ1) is 6.24. The van der Waals surface area contributed by atoms with Gasteiger partial charge in [0, 0.05) is 10.9 Å². The summed E-state index contributed by atoms with van der Waals surface area (Å²) in [4.78, 5) is 10.1. The van der Waals surface area contributed by atoms with Gasteiger partial charge in [-0.05, 0) is 30.5 Å². The first kappa shape index (κ1) is 10.3. The van der Waals surface area contributed by atoms with Gasteiger partial charge >= 0.3 is 0 Å². The van der Waals surface area contributed by atoms with Crippen molar-refractivity contribution in [2.24, 2.45) is 0 Å². The first-order valence-corrected chi connectivity index (χ1v) is 4.94. The zero-order chi connectivity index (χ0) is 9.68. The van der Waals surface area contributed by atoms with E-state index in [1.807, 2.05) is 12.1 Å². The van der Waals surface area contributed by atoms with E-state index >= 15 is 0 Å². The van der Waals surface area contributed by atoms with Crippen molar-refractivity contribution in [1.29, 1.82) is 0 Å². The van der Waals surface area contributed by atoms with Crippen LogP contribution < -0.4 is 0 Å². The number of phenolic OH excluding ortho intramolecular Hbond substituents is 1. The number of hydrogen-bond acceptors (Lipinski definition) is 2. The van der Waals surface area contributed by atoms with Crippen molar-refractivity contribution in [2.45, 2.75) is 19.3 Å². The van der Waals surface area contributed by atoms with Crippen LogP contribution in [0.25, 0.3) is 0 Å². The van der Waals surface area contributed by atoms with E-state index in [-0.39, 0.29) is 0 Å². The van der Waals surface area contributed by atoms with Crippen LogP contribution in [0.3, 0.4) is 0 Å². The number of aldehydes is 1. The maximum absolute atomic E-state index is 10.1. The zero-order valence-corrected chi connectivity index (χ0v) is 8.75. The molecular weight excluding hydrogens is 232 g/mol. The van der Waals surface area contributed by atoms with E-state index in [0.29, 0.717) is 12.2 Å². The van der Waals surface area contributed by atoms with Crippen LogP contribution in [0, 0.1) is 0 Å². The van der Waals surface area contributed by atoms with Gasteiger partial charge in [0.25, 0.3) is 0 Å². The Morgan fingerprint density at radius 2 is 2.23 bits per heavy atom. The molecule has 3 heteroatoms. The lowest BCUT2D eigenvalue weighted by Crippen LogP contribution is -1.87. The second kappa shape index (κ2) is 5.02. The monoisotopic (exact) mass is 242 g/mol. The highest BCUT2D eigenvalue weighted by atomic mass is 79.9. The minimum absolute atomic E-state index is 0.292. The predicted octanol–water partition coefficient (Wildman–Crippen LogP) is 2.68. The largest absolute Gasteiger partial charge is 0.508 e. The Kier molecular flexibility index (Phi) is 3.96. The van der Waals surface area contributed by atoms with Gasteiger partial charge in [0.05, 0.1) is 0 Å². The van der Waals surface area contributed by atoms with Crippen LogP contribution in [-0.4, -0.2) is 11.4 Å². The zero-order valence-electron chi connectivity index (χ0n) is 7.16. The van der Waals surface area contributed by atoms with Gasteiger partial charge in [0.2, 0.25) is 0 Å². The molecule has 0 fully saturated rings. The molecule has 0 atom stereocenters. The number of aromatic hydroxyl groups is 1. The molecule has 13 heavy (non-hydrogen) atoms. The summed E-state index contributed by atoms with van der Waals surface area (Å²) >= 11 is 3.26. The van der Waals surface area contributed by atoms with E-state index in [1.54, 1.807) is 6.07 Å². The Hall–Kier alpha value is -0.830. The van der Waals surface area contributed by atoms with Gasteiger partial charge in [-0.25, -0.2) is 0 Å². The minimum Gasteiger partial charge on any atom is -0.508 e. The number of rotatable bonds is 4. The van der Waals surface area contributed by atoms with Crippen LogP contribution in [0.5, 0.6) is 5.75 Å². The molecule has 1 rings (SSSR count). The molecular formula is C10H11BrO2. The van der Waals surface area contributed by atoms with Crippen molar-refractivity contribution in [2.75, 3.05) is 0 Å². The summed E-state index contributed by atoms with van der Waals surface area (Å²) in [5.74, 6) is 0.292. The van der Waals surface area contributed by atoms with E-state index in [9.17, 15) is 9.90 Å². The highest BCUT2D eigenvalue weighted by Crippen LogP contribution is 2.23. The van der Waals surface area contributed by atoms with Gasteiger partial charge in [-0.15, -0.1) is 0 Å². The van der Waals surface area contributed by atoms with Crippen molar-refractivity contribution < 1.29 is 9.90 Å². The Balaban J connectivity index is 2.61. The minimum atomic E-state index is 0.292. The quantitative estimate of drug-likeness (QED) is 0.652. The predicted molar refractivity (Wildman–Crippen MR) is 54.8 cm³/mol. The summed E-state index contributed by atoms with van der Waals surface area (Å²) in [6.07, 6.45) is 2.99. The number of halogens is 1. The molecule has 0 unspecified atom stereocenters. The molecule has 70 valence electrons. The molecule has 0 saturated carbocycles. The summed E-state index contributed by atoms with van der Waals surface area (Å²) in [5, 5.41) is 9.47. The second-order valence-corrected chi connectivity index (χ2v) is 3.75. The van der Waals surface area contributed by atoms with Gasteiger partial charge in [0.15, 0.2) is 0 Å². The highest BCUT2D eigenvalue weighted by molar-refractivity contribution is 9.10. The molecule has 0 spiro atoms. The topological polar surface area (TPSA) is 37.3 Å². The first-order valence-electron chi connectivity index (χ1n) is 4.15. The summed E-state index contributed by atoms with van der Waals surface area (Å²) in [7, 11) is 0. The normalized spacial score (nSPS) is 9.92. The number of hydrogen-bond donors (Lipinski definition) is 1. The van der Waals surface area contributed by atoms with Crippen molar-refractivity contribution in [3.05, 3.63) is 28.2 Å². The van der Waals surface area contributed by atoms with Crippen molar-refractivity contribution in [3.63, 3.8) is 0 Å². The lowest BCUT2D eigenvalue weighted by atomic mass is 10.1. The fourth-order valence-electron chi connectivity index (χ4n) is 1.12. The number of carbonyl (C=O) groups excluding carboxylic acids is 1. The fourth-order valence-corrected chi connectivity index (χ4v) is 1.47. The van der Waals surface area contributed by atoms with Gasteiger partial charge in [0.1, 0.15) is 12.0 Å². The van der Waals surface area contributed by atoms with E-state index < -0.39 is 0 Å². The number of phenols is 1. The molecule has 0 aliphatic heterocycles. The van der Waals surface area contributed by atoms with Crippen LogP contribution >= 0.6 is 15.9 Å². The highest BCUT2D eigenvalue weighted by Gasteiger charge is 2.00. The van der Waals surface area contributed by atoms with Crippen LogP contribution in [0.4, 0.5) is 0 Å². The third kappa shape index (κ3) is 3.19. The van der Waals surface area contributed by atoms with Crippen molar-refractivity contribution >= 4 is 22.2 Å². The summed E-state index contributed by atoms with van der Waals surface area (Å²) in [6, 6.07) is 5.41. The smallest absolute Gasteiger partial charge is 0.120 e. The molecule has 0 amide bonds. The van der Waals surface area contributed by atoms with E-state index in [2.05, 4.69) is 15.9 Å². The van der Waals surface area contributed by atoms with Gasteiger partial charge in [-0.3, -0.25) is 0 Å². The molecule has 1 N–H and O–H groups in total. The number of aryl methyl sites for hydroxylation is 1. The molecule has 0 heterocycles. The molecule has 0 radical (unpaired) electrons. The molecule has 0 aromatic heterocycles. The maximum atomic E-state index is 10.1. The lowest BCUT2D eigenvalue weighted by Gasteiger charge is -2.02. The Labute approximate surface area is 85.7 Å². The van der Waals surface area contributed by atoms with Crippen LogP contribution in [0.2, 0.25) is 0 Å². The summed E-state index contributed by atoms with van der Waals surface area (Å²) < 4.78 is 0.865. The van der Waals surface area contributed by atoms with Gasteiger partial charge in [-0.2, -0.15) is 0 Å². The molecule has 1 aromatic rings. The third-order valence-corrected chi connectivity index (χ3v) is 2.31. The Morgan fingerprint density at radius 1 is 1.46 bits per heavy atom.